The molecule has 1 aliphatic rings. The first kappa shape index (κ1) is 23.4. The van der Waals surface area contributed by atoms with Gasteiger partial charge in [0.05, 0.1) is 25.4 Å². The van der Waals surface area contributed by atoms with Crippen LogP contribution in [-0.2, 0) is 11.2 Å². The summed E-state index contributed by atoms with van der Waals surface area (Å²) in [6, 6.07) is 10.0. The van der Waals surface area contributed by atoms with Crippen LogP contribution in [0.15, 0.2) is 35.3 Å². The molecule has 0 amide bonds. The monoisotopic (exact) mass is 446 g/mol. The van der Waals surface area contributed by atoms with E-state index in [4.69, 9.17) is 4.74 Å². The molecule has 2 heterocycles. The second-order valence-electron chi connectivity index (χ2n) is 7.56. The molecule has 170 valence electrons. The van der Waals surface area contributed by atoms with Crippen molar-refractivity contribution in [2.24, 2.45) is 4.99 Å². The lowest BCUT2D eigenvalue weighted by atomic mass is 10.1. The third-order valence-electron chi connectivity index (χ3n) is 5.22. The molecule has 2 atom stereocenters. The molecule has 0 bridgehead atoms. The number of nitrogens with zero attached hydrogens (tertiary/aromatic N) is 5. The van der Waals surface area contributed by atoms with Crippen molar-refractivity contribution in [2.75, 3.05) is 50.8 Å². The highest BCUT2D eigenvalue weighted by Gasteiger charge is 2.22. The highest BCUT2D eigenvalue weighted by Crippen LogP contribution is 2.19. The first-order valence-electron chi connectivity index (χ1n) is 11.1. The van der Waals surface area contributed by atoms with Crippen LogP contribution in [0.5, 0.6) is 0 Å². The van der Waals surface area contributed by atoms with Gasteiger partial charge < -0.3 is 25.0 Å². The molecule has 0 aliphatic carbocycles. The predicted octanol–water partition coefficient (Wildman–Crippen LogP) is 2.33. The lowest BCUT2D eigenvalue weighted by molar-refractivity contribution is 0.00105. The number of aryl methyl sites for hydroxylation is 1. The van der Waals surface area contributed by atoms with Gasteiger partial charge in [-0.2, -0.15) is 4.37 Å². The van der Waals surface area contributed by atoms with Crippen molar-refractivity contribution in [3.05, 3.63) is 41.7 Å². The Balaban J connectivity index is 1.48. The van der Waals surface area contributed by atoms with Crippen LogP contribution in [0.4, 0.5) is 5.13 Å². The Hall–Kier alpha value is -2.23. The summed E-state index contributed by atoms with van der Waals surface area (Å²) >= 11 is 1.47. The average Bonchev–Trinajstić information content (AvgIpc) is 3.30. The second-order valence-corrected chi connectivity index (χ2v) is 8.29. The Bertz CT molecular complexity index is 807. The van der Waals surface area contributed by atoms with Crippen LogP contribution in [0.1, 0.15) is 38.3 Å². The van der Waals surface area contributed by atoms with E-state index < -0.39 is 6.10 Å². The number of rotatable bonds is 9. The lowest BCUT2D eigenvalue weighted by Gasteiger charge is -2.36. The minimum atomic E-state index is -0.644. The summed E-state index contributed by atoms with van der Waals surface area (Å²) in [6.07, 6.45) is 0.161. The summed E-state index contributed by atoms with van der Waals surface area (Å²) in [6.45, 7) is 10.9. The molecule has 3 rings (SSSR count). The van der Waals surface area contributed by atoms with Crippen LogP contribution in [0.2, 0.25) is 0 Å². The van der Waals surface area contributed by atoms with Crippen LogP contribution in [0.3, 0.4) is 0 Å². The van der Waals surface area contributed by atoms with Gasteiger partial charge in [0, 0.05) is 50.7 Å². The van der Waals surface area contributed by atoms with Gasteiger partial charge in [0.25, 0.3) is 0 Å². The molecule has 0 saturated carbocycles. The van der Waals surface area contributed by atoms with Crippen molar-refractivity contribution in [1.29, 1.82) is 0 Å². The van der Waals surface area contributed by atoms with Crippen LogP contribution in [0.25, 0.3) is 0 Å². The minimum Gasteiger partial charge on any atom is -0.389 e. The number of anilines is 1. The van der Waals surface area contributed by atoms with E-state index in [1.165, 1.54) is 11.5 Å². The number of aliphatic hydroxyl groups is 1. The first-order valence-corrected chi connectivity index (χ1v) is 11.8. The van der Waals surface area contributed by atoms with Gasteiger partial charge in [-0.1, -0.05) is 37.3 Å². The number of aromatic nitrogens is 2. The number of aliphatic hydroxyl groups excluding tert-OH is 1. The van der Waals surface area contributed by atoms with E-state index in [1.54, 1.807) is 0 Å². The third-order valence-corrected chi connectivity index (χ3v) is 6.03. The van der Waals surface area contributed by atoms with E-state index in [2.05, 4.69) is 43.3 Å². The van der Waals surface area contributed by atoms with Crippen LogP contribution >= 0.6 is 11.5 Å². The molecule has 2 unspecified atom stereocenters. The van der Waals surface area contributed by atoms with Gasteiger partial charge in [0.2, 0.25) is 5.13 Å². The van der Waals surface area contributed by atoms with E-state index in [1.807, 2.05) is 37.3 Å². The lowest BCUT2D eigenvalue weighted by Crippen LogP contribution is -2.52. The Kier molecular flexibility index (Phi) is 9.05. The van der Waals surface area contributed by atoms with Crippen LogP contribution < -0.4 is 10.2 Å². The van der Waals surface area contributed by atoms with Crippen LogP contribution in [0, 0.1) is 0 Å². The smallest absolute Gasteiger partial charge is 0.205 e. The Morgan fingerprint density at radius 3 is 2.61 bits per heavy atom. The van der Waals surface area contributed by atoms with Gasteiger partial charge in [-0.05, 0) is 19.4 Å². The number of hydrogen-bond acceptors (Lipinski definition) is 7. The summed E-state index contributed by atoms with van der Waals surface area (Å²) < 4.78 is 10.2. The third kappa shape index (κ3) is 6.88. The fraction of sp³-hybridized carbons (Fsp3) is 0.591. The van der Waals surface area contributed by atoms with Gasteiger partial charge >= 0.3 is 0 Å². The summed E-state index contributed by atoms with van der Waals surface area (Å²) in [7, 11) is 0. The van der Waals surface area contributed by atoms with Gasteiger partial charge in [-0.25, -0.2) is 4.98 Å². The molecule has 0 spiro atoms. The number of piperazine rings is 1. The Labute approximate surface area is 189 Å². The fourth-order valence-electron chi connectivity index (χ4n) is 3.37. The summed E-state index contributed by atoms with van der Waals surface area (Å²) in [4.78, 5) is 13.8. The van der Waals surface area contributed by atoms with Crippen molar-refractivity contribution in [3.63, 3.8) is 0 Å². The Morgan fingerprint density at radius 1 is 1.23 bits per heavy atom. The van der Waals surface area contributed by atoms with Crippen molar-refractivity contribution in [1.82, 2.24) is 19.6 Å². The molecule has 1 saturated heterocycles. The van der Waals surface area contributed by atoms with Crippen molar-refractivity contribution in [3.8, 4) is 0 Å². The molecular weight excluding hydrogens is 412 g/mol. The number of aliphatic imine (C=N–C) groups is 1. The highest BCUT2D eigenvalue weighted by atomic mass is 32.1. The van der Waals surface area contributed by atoms with Gasteiger partial charge in [-0.3, -0.25) is 4.99 Å². The van der Waals surface area contributed by atoms with Gasteiger partial charge in [-0.15, -0.1) is 0 Å². The van der Waals surface area contributed by atoms with Crippen molar-refractivity contribution >= 4 is 22.6 Å². The largest absolute Gasteiger partial charge is 0.389 e. The van der Waals surface area contributed by atoms with Crippen molar-refractivity contribution in [2.45, 2.75) is 39.4 Å². The number of hydrogen-bond donors (Lipinski definition) is 2. The molecular formula is C22H34N6O2S. The van der Waals surface area contributed by atoms with E-state index in [9.17, 15) is 5.11 Å². The zero-order chi connectivity index (χ0) is 22.1. The molecule has 1 aliphatic heterocycles. The number of guanidine groups is 1. The normalized spacial score (nSPS) is 17.0. The van der Waals surface area contributed by atoms with Crippen LogP contribution in [-0.4, -0.2) is 77.3 Å². The minimum absolute atomic E-state index is 0.0604. The van der Waals surface area contributed by atoms with E-state index >= 15 is 0 Å². The summed E-state index contributed by atoms with van der Waals surface area (Å²) in [5.74, 6) is 1.75. The summed E-state index contributed by atoms with van der Waals surface area (Å²) in [5, 5.41) is 14.7. The van der Waals surface area contributed by atoms with E-state index in [0.717, 1.165) is 61.6 Å². The molecule has 31 heavy (non-hydrogen) atoms. The molecule has 0 radical (unpaired) electrons. The number of nitrogens with one attached hydrogen (secondary N) is 1. The molecule has 2 N–H and O–H groups in total. The van der Waals surface area contributed by atoms with Gasteiger partial charge in [0.15, 0.2) is 5.96 Å². The number of benzene rings is 1. The molecule has 1 aromatic carbocycles. The fourth-order valence-corrected chi connectivity index (χ4v) is 4.17. The van der Waals surface area contributed by atoms with Gasteiger partial charge in [0.1, 0.15) is 5.82 Å². The van der Waals surface area contributed by atoms with E-state index in [0.29, 0.717) is 6.54 Å². The van der Waals surface area contributed by atoms with E-state index in [-0.39, 0.29) is 12.7 Å². The maximum atomic E-state index is 10.4. The number of ether oxygens (including phenoxy) is 1. The quantitative estimate of drug-likeness (QED) is 0.452. The molecule has 1 fully saturated rings. The second kappa shape index (κ2) is 12.0. The topological polar surface area (TPSA) is 86.1 Å². The maximum Gasteiger partial charge on any atom is 0.205 e. The molecule has 8 nitrogen and oxygen atoms in total. The molecule has 1 aromatic heterocycles. The van der Waals surface area contributed by atoms with Crippen molar-refractivity contribution < 1.29 is 9.84 Å². The SMILES string of the molecule is CCNC(=NCC(O)COC(C)c1ccccc1)N1CCN(c2nc(CC)ns2)CC1. The standard InChI is InChI=1S/C22H34N6O2S/c1-4-20-25-22(31-26-20)28-13-11-27(12-14-28)21(23-5-2)24-15-19(29)16-30-17(3)18-9-7-6-8-10-18/h6-10,17,19,29H,4-5,11-16H2,1-3H3,(H,23,24). The zero-order valence-corrected chi connectivity index (χ0v) is 19.5. The highest BCUT2D eigenvalue weighted by molar-refractivity contribution is 7.09. The first-order chi connectivity index (χ1) is 15.1. The molecule has 2 aromatic rings. The zero-order valence-electron chi connectivity index (χ0n) is 18.7. The Morgan fingerprint density at radius 2 is 1.97 bits per heavy atom. The molecule has 9 heteroatoms. The predicted molar refractivity (Wildman–Crippen MR) is 126 cm³/mol. The average molecular weight is 447 g/mol. The summed E-state index contributed by atoms with van der Waals surface area (Å²) in [5.41, 5.74) is 1.10. The maximum absolute atomic E-state index is 10.4.